The van der Waals surface area contributed by atoms with Crippen LogP contribution in [0, 0.1) is 6.92 Å². The minimum absolute atomic E-state index is 0.0288. The molecule has 0 aliphatic carbocycles. The highest BCUT2D eigenvalue weighted by Crippen LogP contribution is 2.41. The van der Waals surface area contributed by atoms with E-state index in [1.165, 1.54) is 13.0 Å². The summed E-state index contributed by atoms with van der Waals surface area (Å²) in [6.07, 6.45) is -4.63. The van der Waals surface area contributed by atoms with Crippen LogP contribution in [0.25, 0.3) is 5.65 Å². The number of hydrogen-bond donors (Lipinski definition) is 1. The van der Waals surface area contributed by atoms with E-state index in [9.17, 15) is 13.2 Å². The summed E-state index contributed by atoms with van der Waals surface area (Å²) in [4.78, 5) is 6.96. The highest BCUT2D eigenvalue weighted by atomic mass is 28.4. The van der Waals surface area contributed by atoms with E-state index >= 15 is 0 Å². The first-order valence-corrected chi connectivity index (χ1v) is 15.8. The molecule has 38 heavy (non-hydrogen) atoms. The summed E-state index contributed by atoms with van der Waals surface area (Å²) in [5.74, 6) is 0.683. The Labute approximate surface area is 223 Å². The number of nitrogens with zero attached hydrogens (tertiary/aromatic N) is 4. The van der Waals surface area contributed by atoms with Crippen molar-refractivity contribution in [2.24, 2.45) is 0 Å². The zero-order valence-electron chi connectivity index (χ0n) is 23.2. The fourth-order valence-electron chi connectivity index (χ4n) is 4.57. The van der Waals surface area contributed by atoms with Crippen LogP contribution in [0.15, 0.2) is 24.3 Å². The van der Waals surface area contributed by atoms with Crippen LogP contribution in [0.5, 0.6) is 0 Å². The van der Waals surface area contributed by atoms with Gasteiger partial charge in [0.25, 0.3) is 0 Å². The van der Waals surface area contributed by atoms with E-state index in [-0.39, 0.29) is 17.0 Å². The first kappa shape index (κ1) is 28.4. The molecule has 0 amide bonds. The summed E-state index contributed by atoms with van der Waals surface area (Å²) in [6, 6.07) is 6.09. The summed E-state index contributed by atoms with van der Waals surface area (Å²) in [5.41, 5.74) is 8.84. The molecule has 1 aliphatic heterocycles. The lowest BCUT2D eigenvalue weighted by atomic mass is 9.97. The van der Waals surface area contributed by atoms with Crippen LogP contribution in [0.1, 0.15) is 61.9 Å². The number of rotatable bonds is 6. The van der Waals surface area contributed by atoms with E-state index in [0.717, 1.165) is 6.07 Å². The van der Waals surface area contributed by atoms with Gasteiger partial charge < -0.3 is 19.8 Å². The van der Waals surface area contributed by atoms with Crippen molar-refractivity contribution in [3.63, 3.8) is 0 Å². The zero-order chi connectivity index (χ0) is 28.0. The van der Waals surface area contributed by atoms with Gasteiger partial charge in [-0.25, -0.2) is 9.50 Å². The minimum Gasteiger partial charge on any atom is -0.409 e. The number of fused-ring (bicyclic) bond motifs is 1. The van der Waals surface area contributed by atoms with Crippen LogP contribution in [0.4, 0.5) is 24.7 Å². The third kappa shape index (κ3) is 5.55. The van der Waals surface area contributed by atoms with Gasteiger partial charge in [0.05, 0.1) is 42.0 Å². The Kier molecular flexibility index (Phi) is 7.59. The van der Waals surface area contributed by atoms with Gasteiger partial charge in [-0.2, -0.15) is 13.2 Å². The normalized spacial score (nSPS) is 16.3. The second-order valence-electron chi connectivity index (χ2n) is 11.5. The largest absolute Gasteiger partial charge is 0.416 e. The number of halogens is 3. The van der Waals surface area contributed by atoms with Crippen molar-refractivity contribution in [2.45, 2.75) is 71.5 Å². The first-order valence-electron chi connectivity index (χ1n) is 12.9. The van der Waals surface area contributed by atoms with Gasteiger partial charge in [0.1, 0.15) is 0 Å². The van der Waals surface area contributed by atoms with Crippen molar-refractivity contribution in [2.75, 3.05) is 36.9 Å². The van der Waals surface area contributed by atoms with Gasteiger partial charge in [-0.15, -0.1) is 5.10 Å². The molecule has 1 unspecified atom stereocenters. The topological polar surface area (TPSA) is 77.9 Å². The smallest absolute Gasteiger partial charge is 0.409 e. The van der Waals surface area contributed by atoms with E-state index in [0.29, 0.717) is 60.4 Å². The second kappa shape index (κ2) is 10.2. The maximum absolute atomic E-state index is 13.7. The Morgan fingerprint density at radius 1 is 1.16 bits per heavy atom. The molecular weight excluding hydrogens is 511 g/mol. The van der Waals surface area contributed by atoms with Crippen molar-refractivity contribution in [3.8, 4) is 0 Å². The Morgan fingerprint density at radius 3 is 2.42 bits per heavy atom. The van der Waals surface area contributed by atoms with Crippen molar-refractivity contribution in [1.82, 2.24) is 14.6 Å². The van der Waals surface area contributed by atoms with Crippen LogP contribution in [-0.4, -0.2) is 49.2 Å². The van der Waals surface area contributed by atoms with Crippen molar-refractivity contribution >= 4 is 25.5 Å². The monoisotopic (exact) mass is 549 g/mol. The predicted octanol–water partition coefficient (Wildman–Crippen LogP) is 6.15. The van der Waals surface area contributed by atoms with Crippen LogP contribution in [-0.2, 0) is 21.8 Å². The number of nitrogen functional groups attached to an aromatic ring is 1. The number of nitrogens with two attached hydrogens (primary N) is 1. The number of aromatic nitrogens is 3. The summed E-state index contributed by atoms with van der Waals surface area (Å²) in [5, 5.41) is 4.85. The number of anilines is 2. The summed E-state index contributed by atoms with van der Waals surface area (Å²) < 4.78 is 55.0. The summed E-state index contributed by atoms with van der Waals surface area (Å²) in [6.45, 7) is 16.8. The van der Waals surface area contributed by atoms with Crippen LogP contribution in [0.2, 0.25) is 18.1 Å². The molecule has 0 spiro atoms. The molecule has 3 aromatic rings. The molecule has 1 aliphatic rings. The van der Waals surface area contributed by atoms with Gasteiger partial charge in [-0.3, -0.25) is 0 Å². The highest BCUT2D eigenvalue weighted by Gasteiger charge is 2.40. The summed E-state index contributed by atoms with van der Waals surface area (Å²) >= 11 is 0. The third-order valence-corrected chi connectivity index (χ3v) is 12.4. The molecule has 1 aromatic carbocycles. The van der Waals surface area contributed by atoms with Crippen LogP contribution in [0.3, 0.4) is 0 Å². The van der Waals surface area contributed by atoms with Gasteiger partial charge >= 0.3 is 6.18 Å². The number of benzene rings is 1. The number of hydrogen-bond acceptors (Lipinski definition) is 6. The van der Waals surface area contributed by atoms with Gasteiger partial charge in [0.15, 0.2) is 19.8 Å². The minimum atomic E-state index is -4.44. The highest BCUT2D eigenvalue weighted by molar-refractivity contribution is 6.74. The molecule has 2 aromatic heterocycles. The Hall–Kier alpha value is -2.63. The van der Waals surface area contributed by atoms with E-state index in [2.05, 4.69) is 38.8 Å². The lowest BCUT2D eigenvalue weighted by Crippen LogP contribution is -2.41. The molecule has 4 rings (SSSR count). The van der Waals surface area contributed by atoms with Crippen LogP contribution < -0.4 is 10.6 Å². The quantitative estimate of drug-likeness (QED) is 0.372. The third-order valence-electron chi connectivity index (χ3n) is 7.83. The van der Waals surface area contributed by atoms with Crippen molar-refractivity contribution in [1.29, 1.82) is 0 Å². The fourth-order valence-corrected chi connectivity index (χ4v) is 5.92. The van der Waals surface area contributed by atoms with E-state index in [1.54, 1.807) is 16.6 Å². The van der Waals surface area contributed by atoms with Gasteiger partial charge in [-0.05, 0) is 49.2 Å². The molecule has 11 heteroatoms. The molecule has 3 heterocycles. The van der Waals surface area contributed by atoms with Crippen molar-refractivity contribution in [3.05, 3.63) is 52.3 Å². The maximum Gasteiger partial charge on any atom is 0.416 e. The predicted molar refractivity (Wildman–Crippen MR) is 146 cm³/mol. The molecule has 0 radical (unpaired) electrons. The number of imidazole rings is 1. The van der Waals surface area contributed by atoms with Gasteiger partial charge in [0, 0.05) is 25.6 Å². The SMILES string of the molecule is Cc1c(Cc2c(C(C)O[Si](C)(C)C(C)(C)C)nc3c(N)cc(N4CCOCC4)nn23)cccc1C(F)(F)F. The zero-order valence-corrected chi connectivity index (χ0v) is 24.2. The first-order chi connectivity index (χ1) is 17.6. The molecule has 1 saturated heterocycles. The lowest BCUT2D eigenvalue weighted by molar-refractivity contribution is -0.138. The Morgan fingerprint density at radius 2 is 1.82 bits per heavy atom. The average Bonchev–Trinajstić information content (AvgIpc) is 3.18. The summed E-state index contributed by atoms with van der Waals surface area (Å²) in [7, 11) is -2.18. The molecule has 208 valence electrons. The molecule has 7 nitrogen and oxygen atoms in total. The van der Waals surface area contributed by atoms with E-state index in [1.807, 2.05) is 6.92 Å². The average molecular weight is 550 g/mol. The standard InChI is InChI=1S/C27H38F3N5O2Si/c1-17-19(9-8-10-20(17)27(28,29)30)15-22-24(18(2)37-38(6,7)26(3,4)5)32-25-21(31)16-23(33-35(22)25)34-11-13-36-14-12-34/h8-10,16,18H,11-15,31H2,1-7H3. The fraction of sp³-hybridized carbons (Fsp3) is 0.556. The molecular formula is C27H38F3N5O2Si. The van der Waals surface area contributed by atoms with E-state index in [4.69, 9.17) is 25.0 Å². The Bertz CT molecular complexity index is 1310. The molecule has 1 atom stereocenters. The molecule has 0 saturated carbocycles. The molecule has 2 N–H and O–H groups in total. The van der Waals surface area contributed by atoms with Crippen LogP contribution >= 0.6 is 0 Å². The molecule has 0 bridgehead atoms. The number of ether oxygens (including phenoxy) is 1. The van der Waals surface area contributed by atoms with Gasteiger partial charge in [0.2, 0.25) is 0 Å². The molecule has 1 fully saturated rings. The Balaban J connectivity index is 1.87. The lowest BCUT2D eigenvalue weighted by Gasteiger charge is -2.38. The number of alkyl halides is 3. The number of morpholine rings is 1. The van der Waals surface area contributed by atoms with E-state index < -0.39 is 26.2 Å². The second-order valence-corrected chi connectivity index (χ2v) is 16.3. The maximum atomic E-state index is 13.7. The van der Waals surface area contributed by atoms with Gasteiger partial charge in [-0.1, -0.05) is 32.9 Å². The van der Waals surface area contributed by atoms with Crippen molar-refractivity contribution < 1.29 is 22.3 Å².